The molecular formula is C11H15ClN2O2S. The molecule has 6 heteroatoms. The Labute approximate surface area is 106 Å². The molecule has 0 saturated heterocycles. The molecule has 1 aromatic heterocycles. The number of nitrogens with one attached hydrogen (secondary N) is 1. The van der Waals surface area contributed by atoms with Crippen molar-refractivity contribution in [2.45, 2.75) is 29.5 Å². The van der Waals surface area contributed by atoms with Gasteiger partial charge in [0, 0.05) is 24.3 Å². The summed E-state index contributed by atoms with van der Waals surface area (Å²) in [6.07, 6.45) is 5.93. The first-order valence-electron chi connectivity index (χ1n) is 5.63. The molecule has 1 fully saturated rings. The van der Waals surface area contributed by atoms with Crippen LogP contribution in [0.3, 0.4) is 0 Å². The summed E-state index contributed by atoms with van der Waals surface area (Å²) in [5.41, 5.74) is 0. The highest BCUT2D eigenvalue weighted by Gasteiger charge is 2.26. The largest absolute Gasteiger partial charge is 0.263 e. The number of aromatic nitrogens is 1. The Morgan fingerprint density at radius 1 is 1.47 bits per heavy atom. The van der Waals surface area contributed by atoms with Gasteiger partial charge in [0.25, 0.3) is 0 Å². The Morgan fingerprint density at radius 2 is 2.29 bits per heavy atom. The topological polar surface area (TPSA) is 59.1 Å². The molecule has 1 aliphatic carbocycles. The minimum atomic E-state index is -3.44. The molecule has 0 aromatic carbocycles. The van der Waals surface area contributed by atoms with E-state index in [1.54, 1.807) is 12.3 Å². The van der Waals surface area contributed by atoms with Crippen LogP contribution in [-0.4, -0.2) is 25.3 Å². The standard InChI is InChI=1S/C11H15ClN2O2S/c12-11-5-1-3-9(11)7-14-17(15,16)10-4-2-6-13-8-10/h2,4,6,8-9,11,14H,1,3,5,7H2. The molecule has 1 saturated carbocycles. The lowest BCUT2D eigenvalue weighted by atomic mass is 10.1. The molecule has 2 rings (SSSR count). The number of rotatable bonds is 4. The summed E-state index contributed by atoms with van der Waals surface area (Å²) in [5.74, 6) is 0.239. The normalized spacial score (nSPS) is 25.0. The molecule has 2 unspecified atom stereocenters. The van der Waals surface area contributed by atoms with Crippen molar-refractivity contribution >= 4 is 21.6 Å². The summed E-state index contributed by atoms with van der Waals surface area (Å²) in [6, 6.07) is 3.14. The fourth-order valence-electron chi connectivity index (χ4n) is 2.03. The lowest BCUT2D eigenvalue weighted by Crippen LogP contribution is -2.31. The number of hydrogen-bond donors (Lipinski definition) is 1. The number of nitrogens with zero attached hydrogens (tertiary/aromatic N) is 1. The third-order valence-corrected chi connectivity index (χ3v) is 5.03. The van der Waals surface area contributed by atoms with Gasteiger partial charge < -0.3 is 0 Å². The summed E-state index contributed by atoms with van der Waals surface area (Å²) in [7, 11) is -3.44. The van der Waals surface area contributed by atoms with Gasteiger partial charge in [0.05, 0.1) is 0 Å². The first-order valence-corrected chi connectivity index (χ1v) is 7.55. The zero-order valence-electron chi connectivity index (χ0n) is 9.34. The molecule has 1 heterocycles. The molecule has 0 aliphatic heterocycles. The van der Waals surface area contributed by atoms with Crippen LogP contribution in [0, 0.1) is 5.92 Å². The van der Waals surface area contributed by atoms with Crippen LogP contribution < -0.4 is 4.72 Å². The Balaban J connectivity index is 1.99. The first kappa shape index (κ1) is 12.8. The molecule has 1 aromatic rings. The van der Waals surface area contributed by atoms with Crippen molar-refractivity contribution in [3.8, 4) is 0 Å². The fraction of sp³-hybridized carbons (Fsp3) is 0.545. The molecule has 0 radical (unpaired) electrons. The van der Waals surface area contributed by atoms with Gasteiger partial charge in [0.15, 0.2) is 0 Å². The summed E-state index contributed by atoms with van der Waals surface area (Å²) in [4.78, 5) is 4.00. The van der Waals surface area contributed by atoms with Crippen LogP contribution in [0.5, 0.6) is 0 Å². The van der Waals surface area contributed by atoms with Crippen molar-refractivity contribution in [3.05, 3.63) is 24.5 Å². The van der Waals surface area contributed by atoms with E-state index in [0.29, 0.717) is 6.54 Å². The third-order valence-electron chi connectivity index (χ3n) is 3.05. The van der Waals surface area contributed by atoms with Crippen LogP contribution in [-0.2, 0) is 10.0 Å². The minimum absolute atomic E-state index is 0.0894. The lowest BCUT2D eigenvalue weighted by Gasteiger charge is -2.14. The molecule has 0 bridgehead atoms. The van der Waals surface area contributed by atoms with E-state index in [1.165, 1.54) is 12.3 Å². The maximum atomic E-state index is 11.9. The van der Waals surface area contributed by atoms with E-state index in [4.69, 9.17) is 11.6 Å². The van der Waals surface area contributed by atoms with Crippen LogP contribution in [0.1, 0.15) is 19.3 Å². The summed E-state index contributed by atoms with van der Waals surface area (Å²) in [5, 5.41) is 0.0894. The maximum Gasteiger partial charge on any atom is 0.242 e. The lowest BCUT2D eigenvalue weighted by molar-refractivity contribution is 0.523. The van der Waals surface area contributed by atoms with Crippen molar-refractivity contribution in [1.29, 1.82) is 0 Å². The van der Waals surface area contributed by atoms with E-state index < -0.39 is 10.0 Å². The average Bonchev–Trinajstić information content (AvgIpc) is 2.74. The van der Waals surface area contributed by atoms with Gasteiger partial charge in [0.1, 0.15) is 4.90 Å². The number of alkyl halides is 1. The van der Waals surface area contributed by atoms with E-state index in [9.17, 15) is 8.42 Å². The maximum absolute atomic E-state index is 11.9. The van der Waals surface area contributed by atoms with Gasteiger partial charge in [0.2, 0.25) is 10.0 Å². The highest BCUT2D eigenvalue weighted by molar-refractivity contribution is 7.89. The molecule has 94 valence electrons. The minimum Gasteiger partial charge on any atom is -0.263 e. The monoisotopic (exact) mass is 274 g/mol. The third kappa shape index (κ3) is 3.18. The SMILES string of the molecule is O=S(=O)(NCC1CCCC1Cl)c1cccnc1. The molecule has 4 nitrogen and oxygen atoms in total. The van der Waals surface area contributed by atoms with Crippen LogP contribution in [0.2, 0.25) is 0 Å². The molecule has 17 heavy (non-hydrogen) atoms. The van der Waals surface area contributed by atoms with Gasteiger partial charge in [-0.2, -0.15) is 0 Å². The Morgan fingerprint density at radius 3 is 2.88 bits per heavy atom. The highest BCUT2D eigenvalue weighted by atomic mass is 35.5. The van der Waals surface area contributed by atoms with Crippen LogP contribution in [0.4, 0.5) is 0 Å². The first-order chi connectivity index (χ1) is 8.09. The van der Waals surface area contributed by atoms with Gasteiger partial charge in [-0.1, -0.05) is 6.42 Å². The van der Waals surface area contributed by atoms with Gasteiger partial charge in [-0.25, -0.2) is 13.1 Å². The molecular weight excluding hydrogens is 260 g/mol. The zero-order valence-corrected chi connectivity index (χ0v) is 10.9. The van der Waals surface area contributed by atoms with Crippen LogP contribution in [0.25, 0.3) is 0 Å². The van der Waals surface area contributed by atoms with Gasteiger partial charge in [-0.3, -0.25) is 4.98 Å². The zero-order chi connectivity index (χ0) is 12.3. The van der Waals surface area contributed by atoms with Crippen molar-refractivity contribution in [3.63, 3.8) is 0 Å². The number of pyridine rings is 1. The highest BCUT2D eigenvalue weighted by Crippen LogP contribution is 2.29. The average molecular weight is 275 g/mol. The second kappa shape index (κ2) is 5.33. The predicted octanol–water partition coefficient (Wildman–Crippen LogP) is 1.77. The molecule has 2 atom stereocenters. The van der Waals surface area contributed by atoms with Crippen molar-refractivity contribution in [2.24, 2.45) is 5.92 Å². The van der Waals surface area contributed by atoms with E-state index in [-0.39, 0.29) is 16.2 Å². The molecule has 1 N–H and O–H groups in total. The second-order valence-electron chi connectivity index (χ2n) is 4.25. The fourth-order valence-corrected chi connectivity index (χ4v) is 3.45. The van der Waals surface area contributed by atoms with Crippen LogP contribution in [0.15, 0.2) is 29.4 Å². The van der Waals surface area contributed by atoms with Crippen molar-refractivity contribution in [1.82, 2.24) is 9.71 Å². The summed E-state index contributed by atoms with van der Waals surface area (Å²) in [6.45, 7) is 0.408. The smallest absolute Gasteiger partial charge is 0.242 e. The Bertz CT molecular complexity index is 464. The Kier molecular flexibility index (Phi) is 4.01. The van der Waals surface area contributed by atoms with Crippen molar-refractivity contribution < 1.29 is 8.42 Å². The number of hydrogen-bond acceptors (Lipinski definition) is 3. The van der Waals surface area contributed by atoms with Gasteiger partial charge in [-0.05, 0) is 30.9 Å². The molecule has 0 spiro atoms. The predicted molar refractivity (Wildman–Crippen MR) is 66.4 cm³/mol. The molecule has 1 aliphatic rings. The van der Waals surface area contributed by atoms with E-state index >= 15 is 0 Å². The number of halogens is 1. The van der Waals surface area contributed by atoms with Gasteiger partial charge in [-0.15, -0.1) is 11.6 Å². The molecule has 0 amide bonds. The quantitative estimate of drug-likeness (QED) is 0.852. The summed E-state index contributed by atoms with van der Waals surface area (Å²) < 4.78 is 26.4. The van der Waals surface area contributed by atoms with Crippen molar-refractivity contribution in [2.75, 3.05) is 6.54 Å². The number of sulfonamides is 1. The summed E-state index contributed by atoms with van der Waals surface area (Å²) >= 11 is 6.11. The second-order valence-corrected chi connectivity index (χ2v) is 6.58. The van der Waals surface area contributed by atoms with E-state index in [0.717, 1.165) is 19.3 Å². The van der Waals surface area contributed by atoms with Crippen LogP contribution >= 0.6 is 11.6 Å². The Hall–Kier alpha value is -0.650. The van der Waals surface area contributed by atoms with E-state index in [2.05, 4.69) is 9.71 Å². The van der Waals surface area contributed by atoms with Gasteiger partial charge >= 0.3 is 0 Å². The van der Waals surface area contributed by atoms with E-state index in [1.807, 2.05) is 0 Å².